The van der Waals surface area contributed by atoms with Crippen molar-refractivity contribution in [1.29, 1.82) is 0 Å². The van der Waals surface area contributed by atoms with Crippen molar-refractivity contribution < 1.29 is 44.8 Å². The van der Waals surface area contributed by atoms with Gasteiger partial charge in [-0.15, -0.1) is 0 Å². The maximum atomic E-state index is 14.3. The molecular formula is C101H112F5N10+5. The first-order valence-corrected chi connectivity index (χ1v) is 39.9. The van der Waals surface area contributed by atoms with E-state index < -0.39 is 0 Å². The summed E-state index contributed by atoms with van der Waals surface area (Å²) in [7, 11) is 9.95. The lowest BCUT2D eigenvalue weighted by Crippen LogP contribution is -2.32. The molecule has 15 aromatic rings. The van der Waals surface area contributed by atoms with Gasteiger partial charge in [-0.05, 0) is 345 Å². The second-order valence-corrected chi connectivity index (χ2v) is 32.8. The zero-order valence-corrected chi connectivity index (χ0v) is 73.0. The molecule has 0 bridgehead atoms. The second-order valence-electron chi connectivity index (χ2n) is 32.8. The predicted molar refractivity (Wildman–Crippen MR) is 464 cm³/mol. The van der Waals surface area contributed by atoms with E-state index in [4.69, 9.17) is 0 Å². The van der Waals surface area contributed by atoms with Gasteiger partial charge in [0.2, 0.25) is 0 Å². The summed E-state index contributed by atoms with van der Waals surface area (Å²) in [5.74, 6) is 0.756. The highest BCUT2D eigenvalue weighted by Crippen LogP contribution is 2.39. The van der Waals surface area contributed by atoms with Crippen LogP contribution in [-0.2, 0) is 35.2 Å². The van der Waals surface area contributed by atoms with Crippen molar-refractivity contribution in [1.82, 2.24) is 24.9 Å². The predicted octanol–water partition coefficient (Wildman–Crippen LogP) is 22.9. The van der Waals surface area contributed by atoms with Crippen LogP contribution in [0.5, 0.6) is 0 Å². The number of nitrogens with zero attached hydrogens (tertiary/aromatic N) is 10. The van der Waals surface area contributed by atoms with Gasteiger partial charge in [-0.3, -0.25) is 0 Å². The van der Waals surface area contributed by atoms with E-state index in [1.165, 1.54) is 27.8 Å². The molecule has 0 unspecified atom stereocenters. The van der Waals surface area contributed by atoms with Crippen LogP contribution in [-0.4, -0.2) is 24.9 Å². The number of para-hydroxylation sites is 1. The lowest BCUT2D eigenvalue weighted by atomic mass is 9.93. The summed E-state index contributed by atoms with van der Waals surface area (Å²) in [6.07, 6.45) is 9.18. The molecule has 116 heavy (non-hydrogen) atoms. The third kappa shape index (κ3) is 16.7. The molecule has 0 N–H and O–H groups in total. The van der Waals surface area contributed by atoms with Crippen LogP contribution in [0.15, 0.2) is 153 Å². The summed E-state index contributed by atoms with van der Waals surface area (Å²) in [5.41, 5.74) is 33.7. The highest BCUT2D eigenvalue weighted by molar-refractivity contribution is 5.97. The van der Waals surface area contributed by atoms with E-state index in [1.807, 2.05) is 230 Å². The third-order valence-electron chi connectivity index (χ3n) is 23.5. The first-order valence-electron chi connectivity index (χ1n) is 39.9. The molecule has 0 aliphatic carbocycles. The van der Waals surface area contributed by atoms with Crippen LogP contribution in [0.3, 0.4) is 0 Å². The molecule has 0 spiro atoms. The van der Waals surface area contributed by atoms with Crippen molar-refractivity contribution >= 4 is 54.5 Å². The maximum absolute atomic E-state index is 14.3. The number of aromatic nitrogens is 10. The summed E-state index contributed by atoms with van der Waals surface area (Å²) in [4.78, 5) is 22.8. The van der Waals surface area contributed by atoms with Gasteiger partial charge in [0.05, 0.1) is 62.2 Å². The molecule has 15 rings (SSSR count). The van der Waals surface area contributed by atoms with E-state index in [2.05, 4.69) is 165 Å². The van der Waals surface area contributed by atoms with Crippen LogP contribution in [0.4, 0.5) is 22.0 Å². The lowest BCUT2D eigenvalue weighted by Gasteiger charge is -2.14. The van der Waals surface area contributed by atoms with Gasteiger partial charge < -0.3 is 0 Å². The second kappa shape index (κ2) is 34.5. The molecule has 0 aliphatic rings. The van der Waals surface area contributed by atoms with E-state index in [9.17, 15) is 22.0 Å². The highest BCUT2D eigenvalue weighted by atomic mass is 19.1. The molecular weight excluding hydrogens is 1450 g/mol. The van der Waals surface area contributed by atoms with Gasteiger partial charge >= 0.3 is 0 Å². The lowest BCUT2D eigenvalue weighted by molar-refractivity contribution is -0.662. The molecule has 5 heterocycles. The molecule has 0 atom stereocenters. The molecule has 0 amide bonds. The Labute approximate surface area is 682 Å². The van der Waals surface area contributed by atoms with Crippen molar-refractivity contribution in [2.45, 2.75) is 177 Å². The summed E-state index contributed by atoms with van der Waals surface area (Å²) in [5, 5.41) is 5.50. The summed E-state index contributed by atoms with van der Waals surface area (Å²) >= 11 is 0. The fraction of sp³-hybridized carbons (Fsp3) is 0.307. The number of aryl methyl sites for hydroxylation is 12. The molecule has 15 heteroatoms. The van der Waals surface area contributed by atoms with Crippen LogP contribution in [0, 0.1) is 147 Å². The Morgan fingerprint density at radius 2 is 0.534 bits per heavy atom. The van der Waals surface area contributed by atoms with Crippen LogP contribution in [0.1, 0.15) is 171 Å². The van der Waals surface area contributed by atoms with Crippen molar-refractivity contribution in [3.8, 4) is 56.3 Å². The largest absolute Gasteiger partial charge is 0.287 e. The van der Waals surface area contributed by atoms with Gasteiger partial charge in [-0.2, -0.15) is 0 Å². The number of halogens is 5. The van der Waals surface area contributed by atoms with Crippen LogP contribution < -0.4 is 22.8 Å². The molecule has 0 saturated heterocycles. The molecule has 0 fully saturated rings. The average molecular weight is 1560 g/mol. The minimum absolute atomic E-state index is 0.111. The monoisotopic (exact) mass is 1560 g/mol. The van der Waals surface area contributed by atoms with E-state index in [1.54, 1.807) is 0 Å². The van der Waals surface area contributed by atoms with Crippen molar-refractivity contribution in [3.05, 3.63) is 293 Å². The first kappa shape index (κ1) is 85.4. The Morgan fingerprint density at radius 3 is 0.905 bits per heavy atom. The Bertz CT molecular complexity index is 6330. The molecule has 0 aliphatic heterocycles. The molecule has 10 aromatic carbocycles. The van der Waals surface area contributed by atoms with E-state index in [-0.39, 0.29) is 29.1 Å². The van der Waals surface area contributed by atoms with Gasteiger partial charge in [0.1, 0.15) is 57.6 Å². The SMILES string of the molecule is Cc1cc(-c2c3cc(C(C)C)ccc3nc[n+]2C)c(C)c(C)c1F.Cc1cc(-c2c3ccc(C(C)C)cc3nc[n+]2C)c(C)c(C)c1F.Cc1cc(-c2c3cccc(C(C)C)c3nc[n+]2C)c(C)c(C)c1F.Cc1ccc2c(-c3cc(C)c(F)c(C)c3C)[n+](C)cnc2c1.Cc1ccc2nc[n+](C)c(-c3cc(C)c(F)c(C)c3C)c2c1. The zero-order chi connectivity index (χ0) is 84.8. The van der Waals surface area contributed by atoms with Crippen LogP contribution >= 0.6 is 0 Å². The Balaban J connectivity index is 0.000000143. The quantitative estimate of drug-likeness (QED) is 0.112. The Hall–Kier alpha value is -11.5. The molecule has 0 radical (unpaired) electrons. The number of hydrogen-bond donors (Lipinski definition) is 0. The fourth-order valence-corrected chi connectivity index (χ4v) is 15.8. The number of fused-ring (bicyclic) bond motifs is 5. The molecule has 5 aromatic heterocycles. The minimum Gasteiger partial charge on any atom is -0.232 e. The molecule has 10 nitrogen and oxygen atoms in total. The van der Waals surface area contributed by atoms with Crippen LogP contribution in [0.25, 0.3) is 111 Å². The fourth-order valence-electron chi connectivity index (χ4n) is 15.8. The average Bonchev–Trinajstić information content (AvgIpc) is 0.779. The zero-order valence-electron chi connectivity index (χ0n) is 73.0. The number of rotatable bonds is 8. The Morgan fingerprint density at radius 1 is 0.250 bits per heavy atom. The van der Waals surface area contributed by atoms with E-state index >= 15 is 0 Å². The Kier molecular flexibility index (Phi) is 25.4. The highest BCUT2D eigenvalue weighted by Gasteiger charge is 2.28. The number of hydrogen-bond acceptors (Lipinski definition) is 5. The van der Waals surface area contributed by atoms with E-state index in [0.29, 0.717) is 62.3 Å². The van der Waals surface area contributed by atoms with Gasteiger partial charge in [0.15, 0.2) is 27.6 Å². The van der Waals surface area contributed by atoms with Gasteiger partial charge in [-0.1, -0.05) is 83.5 Å². The number of benzene rings is 10. The molecule has 596 valence electrons. The maximum Gasteiger partial charge on any atom is 0.287 e. The van der Waals surface area contributed by atoms with Gasteiger partial charge in [0, 0.05) is 33.4 Å². The standard InChI is InChI=1S/3C21H24FN2.2C19H20FN2/c1-12(2)16-7-8-19-18(10-16)21(24(6)11-23-19)17-9-13(3)20(22)15(5)14(17)4;1-12(2)16-7-8-17-19(10-16)23-11-24(6)21(17)18-9-13(3)20(22)15(5)14(18)4;1-12(2)16-8-7-9-17-20(16)23-11-24(6)21(17)18-10-13(3)19(22)15(5)14(18)4;1-11-6-7-17-16(8-11)19(22(5)10-21-17)15-9-12(2)18(20)14(4)13(15)3;1-11-6-7-15-17(8-11)21-10-22(5)19(15)16-9-12(2)18(20)14(4)13(16)3/h3*7-12H,1-6H3;2*6-10H,1-5H3/q5*+1. The van der Waals surface area contributed by atoms with Crippen molar-refractivity contribution in [2.75, 3.05) is 0 Å². The summed E-state index contributed by atoms with van der Waals surface area (Å²) in [6.45, 7) is 45.5. The summed E-state index contributed by atoms with van der Waals surface area (Å²) < 4.78 is 81.1. The van der Waals surface area contributed by atoms with Gasteiger partial charge in [-0.25, -0.2) is 44.8 Å². The normalized spacial score (nSPS) is 11.4. The first-order chi connectivity index (χ1) is 54.7. The topological polar surface area (TPSA) is 83.9 Å². The minimum atomic E-state index is -0.113. The van der Waals surface area contributed by atoms with Crippen molar-refractivity contribution in [2.24, 2.45) is 35.2 Å². The third-order valence-corrected chi connectivity index (χ3v) is 23.5. The van der Waals surface area contributed by atoms with Crippen LogP contribution in [0.2, 0.25) is 0 Å². The summed E-state index contributed by atoms with van der Waals surface area (Å²) in [6, 6.07) is 41.5. The smallest absolute Gasteiger partial charge is 0.232 e. The van der Waals surface area contributed by atoms with Crippen molar-refractivity contribution in [3.63, 3.8) is 0 Å². The van der Waals surface area contributed by atoms with E-state index in [0.717, 1.165) is 150 Å². The molecule has 0 saturated carbocycles. The van der Waals surface area contributed by atoms with Gasteiger partial charge in [0.25, 0.3) is 31.6 Å².